The van der Waals surface area contributed by atoms with Crippen LogP contribution >= 0.6 is 11.6 Å². The summed E-state index contributed by atoms with van der Waals surface area (Å²) in [7, 11) is 0. The molecule has 0 radical (unpaired) electrons. The van der Waals surface area contributed by atoms with Crippen molar-refractivity contribution in [3.05, 3.63) is 54.2 Å². The molecule has 0 aliphatic rings. The van der Waals surface area contributed by atoms with Gasteiger partial charge in [-0.25, -0.2) is 0 Å². The maximum Gasteiger partial charge on any atom is 0.220 e. The van der Waals surface area contributed by atoms with Crippen molar-refractivity contribution in [2.75, 3.05) is 12.1 Å². The largest absolute Gasteiger partial charge is 0.398 e. The molecule has 0 saturated carbocycles. The van der Waals surface area contributed by atoms with Crippen LogP contribution in [0.1, 0.15) is 5.56 Å². The average Bonchev–Trinajstić information content (AvgIpc) is 2.41. The molecule has 3 heteroatoms. The van der Waals surface area contributed by atoms with Crippen LogP contribution in [0.5, 0.6) is 0 Å². The molecule has 0 atom stereocenters. The number of alkyl halides is 1. The molecular weight excluding hydrogens is 244 g/mol. The van der Waals surface area contributed by atoms with E-state index >= 15 is 0 Å². The Morgan fingerprint density at radius 3 is 2.61 bits per heavy atom. The van der Waals surface area contributed by atoms with Gasteiger partial charge in [-0.15, -0.1) is 11.6 Å². The zero-order valence-electron chi connectivity index (χ0n) is 10.5. The Bertz CT molecular complexity index is 692. The van der Waals surface area contributed by atoms with Gasteiger partial charge in [0.05, 0.1) is 11.1 Å². The van der Waals surface area contributed by atoms with Crippen molar-refractivity contribution >= 4 is 33.7 Å². The number of rotatable bonds is 0. The Balaban J connectivity index is 0.000000574. The van der Waals surface area contributed by atoms with E-state index in [0.717, 1.165) is 22.1 Å². The summed E-state index contributed by atoms with van der Waals surface area (Å²) in [4.78, 5) is 0. The van der Waals surface area contributed by atoms with Crippen molar-refractivity contribution in [3.63, 3.8) is 0 Å². The summed E-state index contributed by atoms with van der Waals surface area (Å²) in [6, 6.07) is 14.4. The molecule has 18 heavy (non-hydrogen) atoms. The second kappa shape index (κ2) is 5.23. The van der Waals surface area contributed by atoms with E-state index < -0.39 is 0 Å². The van der Waals surface area contributed by atoms with Crippen molar-refractivity contribution in [1.82, 2.24) is 0 Å². The van der Waals surface area contributed by atoms with Gasteiger partial charge in [0.2, 0.25) is 11.0 Å². The second-order valence-electron chi connectivity index (χ2n) is 4.06. The number of hydrogen-bond donors (Lipinski definition) is 1. The van der Waals surface area contributed by atoms with Gasteiger partial charge in [-0.2, -0.15) is 4.40 Å². The van der Waals surface area contributed by atoms with Crippen molar-refractivity contribution < 1.29 is 4.40 Å². The molecule has 0 fully saturated rings. The van der Waals surface area contributed by atoms with Crippen LogP contribution in [0.2, 0.25) is 0 Å². The molecule has 0 amide bonds. The summed E-state index contributed by atoms with van der Waals surface area (Å²) >= 11 is 4.64. The highest BCUT2D eigenvalue weighted by Crippen LogP contribution is 2.22. The molecule has 0 aliphatic carbocycles. The number of hydrogen-bond acceptors (Lipinski definition) is 1. The molecular formula is C15H16ClN2+. The molecule has 2 aromatic heterocycles. The van der Waals surface area contributed by atoms with Crippen LogP contribution in [0, 0.1) is 6.92 Å². The lowest BCUT2D eigenvalue weighted by Crippen LogP contribution is -2.22. The zero-order valence-corrected chi connectivity index (χ0v) is 11.3. The number of anilines is 1. The minimum atomic E-state index is 0.847. The van der Waals surface area contributed by atoms with Crippen molar-refractivity contribution in [2.45, 2.75) is 6.92 Å². The Morgan fingerprint density at radius 1 is 1.06 bits per heavy atom. The topological polar surface area (TPSA) is 30.1 Å². The Morgan fingerprint density at radius 2 is 1.83 bits per heavy atom. The molecule has 0 saturated heterocycles. The molecule has 1 aromatic carbocycles. The van der Waals surface area contributed by atoms with Gasteiger partial charge >= 0.3 is 0 Å². The molecule has 2 N–H and O–H groups in total. The smallest absolute Gasteiger partial charge is 0.220 e. The number of nitrogens with two attached hydrogens (primary N) is 1. The lowest BCUT2D eigenvalue weighted by molar-refractivity contribution is -0.481. The minimum Gasteiger partial charge on any atom is -0.398 e. The zero-order chi connectivity index (χ0) is 13.1. The highest BCUT2D eigenvalue weighted by Gasteiger charge is 2.12. The summed E-state index contributed by atoms with van der Waals surface area (Å²) in [6.45, 7) is 2.09. The number of fused-ring (bicyclic) bond motifs is 3. The standard InChI is InChI=1S/C14H12N2.CH3Cl/c1-10-5-4-7-13-14(10)12(15)9-11-6-2-3-8-16(11)13;1-2/h2-9,15H,1H3;1H3/p+1. The lowest BCUT2D eigenvalue weighted by atomic mass is 10.1. The first-order valence-electron chi connectivity index (χ1n) is 5.73. The number of aromatic nitrogens is 1. The molecule has 0 spiro atoms. The van der Waals surface area contributed by atoms with E-state index in [-0.39, 0.29) is 0 Å². The minimum absolute atomic E-state index is 0.847. The number of benzene rings is 1. The first-order chi connectivity index (χ1) is 8.77. The van der Waals surface area contributed by atoms with Crippen LogP contribution in [0.15, 0.2) is 48.7 Å². The maximum absolute atomic E-state index is 6.11. The quantitative estimate of drug-likeness (QED) is 0.375. The Kier molecular flexibility index (Phi) is 3.68. The first kappa shape index (κ1) is 12.7. The lowest BCUT2D eigenvalue weighted by Gasteiger charge is -2.03. The summed E-state index contributed by atoms with van der Waals surface area (Å²) in [5, 5.41) is 1.14. The van der Waals surface area contributed by atoms with E-state index in [1.54, 1.807) is 0 Å². The first-order valence-corrected chi connectivity index (χ1v) is 6.49. The van der Waals surface area contributed by atoms with Crippen LogP contribution in [-0.2, 0) is 0 Å². The second-order valence-corrected chi connectivity index (χ2v) is 4.06. The summed E-state index contributed by atoms with van der Waals surface area (Å²) in [5.41, 5.74) is 10.5. The van der Waals surface area contributed by atoms with Crippen molar-refractivity contribution in [1.29, 1.82) is 0 Å². The molecule has 3 aromatic rings. The van der Waals surface area contributed by atoms with Gasteiger partial charge in [0, 0.05) is 30.6 Å². The molecule has 2 nitrogen and oxygen atoms in total. The van der Waals surface area contributed by atoms with E-state index in [2.05, 4.69) is 53.4 Å². The van der Waals surface area contributed by atoms with Gasteiger partial charge < -0.3 is 5.73 Å². The number of pyridine rings is 2. The van der Waals surface area contributed by atoms with Gasteiger partial charge in [-0.1, -0.05) is 12.1 Å². The van der Waals surface area contributed by atoms with E-state index in [1.165, 1.54) is 11.9 Å². The van der Waals surface area contributed by atoms with Gasteiger partial charge in [0.1, 0.15) is 0 Å². The van der Waals surface area contributed by atoms with E-state index in [1.807, 2.05) is 18.2 Å². The van der Waals surface area contributed by atoms with E-state index in [0.29, 0.717) is 0 Å². The summed E-state index contributed by atoms with van der Waals surface area (Å²) in [6.07, 6.45) is 3.54. The summed E-state index contributed by atoms with van der Waals surface area (Å²) < 4.78 is 2.17. The van der Waals surface area contributed by atoms with Crippen molar-refractivity contribution in [3.8, 4) is 0 Å². The predicted octanol–water partition coefficient (Wildman–Crippen LogP) is 3.32. The third-order valence-electron chi connectivity index (χ3n) is 2.99. The molecule has 0 aliphatic heterocycles. The van der Waals surface area contributed by atoms with Gasteiger partial charge in [-0.05, 0) is 18.6 Å². The van der Waals surface area contributed by atoms with E-state index in [9.17, 15) is 0 Å². The Hall–Kier alpha value is -1.80. The average molecular weight is 260 g/mol. The molecule has 2 heterocycles. The fraction of sp³-hybridized carbons (Fsp3) is 0.133. The van der Waals surface area contributed by atoms with Crippen LogP contribution in [0.3, 0.4) is 0 Å². The predicted molar refractivity (Wildman–Crippen MR) is 78.0 cm³/mol. The molecule has 0 bridgehead atoms. The fourth-order valence-corrected chi connectivity index (χ4v) is 2.25. The highest BCUT2D eigenvalue weighted by molar-refractivity contribution is 6.15. The fourth-order valence-electron chi connectivity index (χ4n) is 2.25. The van der Waals surface area contributed by atoms with Crippen LogP contribution in [-0.4, -0.2) is 6.38 Å². The number of aryl methyl sites for hydroxylation is 1. The third kappa shape index (κ3) is 2.00. The monoisotopic (exact) mass is 259 g/mol. The molecule has 3 rings (SSSR count). The van der Waals surface area contributed by atoms with Gasteiger partial charge in [-0.3, -0.25) is 0 Å². The number of halogens is 1. The Labute approximate surface area is 112 Å². The normalized spacial score (nSPS) is 10.2. The van der Waals surface area contributed by atoms with Crippen LogP contribution in [0.4, 0.5) is 5.69 Å². The SMILES string of the molecule is CCl.Cc1cccc2c1c(N)cc1cccc[n+]12. The van der Waals surface area contributed by atoms with E-state index in [4.69, 9.17) is 5.73 Å². The summed E-state index contributed by atoms with van der Waals surface area (Å²) in [5.74, 6) is 0. The maximum atomic E-state index is 6.11. The third-order valence-corrected chi connectivity index (χ3v) is 2.99. The number of nitrogens with zero attached hydrogens (tertiary/aromatic N) is 1. The van der Waals surface area contributed by atoms with Crippen molar-refractivity contribution in [2.24, 2.45) is 0 Å². The highest BCUT2D eigenvalue weighted by atomic mass is 35.5. The number of nitrogen functional groups attached to an aromatic ring is 1. The molecule has 0 unspecified atom stereocenters. The van der Waals surface area contributed by atoms with Gasteiger partial charge in [0.15, 0.2) is 6.20 Å². The van der Waals surface area contributed by atoms with Gasteiger partial charge in [0.25, 0.3) is 0 Å². The van der Waals surface area contributed by atoms with Crippen LogP contribution < -0.4 is 10.1 Å². The van der Waals surface area contributed by atoms with Crippen LogP contribution in [0.25, 0.3) is 16.4 Å². The molecule has 92 valence electrons.